The molecule has 2 unspecified atom stereocenters. The average Bonchev–Trinajstić information content (AvgIpc) is 2.79. The predicted molar refractivity (Wildman–Crippen MR) is 58.6 cm³/mol. The van der Waals surface area contributed by atoms with E-state index in [1.165, 1.54) is 0 Å². The number of ether oxygens (including phenoxy) is 2. The molecule has 1 aliphatic carbocycles. The molecule has 0 radical (unpaired) electrons. The van der Waals surface area contributed by atoms with Crippen LogP contribution in [-0.4, -0.2) is 25.7 Å². The summed E-state index contributed by atoms with van der Waals surface area (Å²) in [6, 6.07) is 0. The maximum absolute atomic E-state index is 13.3. The van der Waals surface area contributed by atoms with E-state index in [1.807, 2.05) is 13.8 Å². The van der Waals surface area contributed by atoms with Gasteiger partial charge < -0.3 is 9.47 Å². The molecule has 0 heterocycles. The van der Waals surface area contributed by atoms with Crippen LogP contribution in [0.3, 0.4) is 0 Å². The van der Waals surface area contributed by atoms with Gasteiger partial charge in [0.15, 0.2) is 0 Å². The second kappa shape index (κ2) is 4.85. The number of esters is 2. The number of hydrogen-bond donors (Lipinski definition) is 0. The van der Waals surface area contributed by atoms with Gasteiger partial charge >= 0.3 is 11.9 Å². The van der Waals surface area contributed by atoms with Crippen molar-refractivity contribution in [2.45, 2.75) is 20.8 Å². The van der Waals surface area contributed by atoms with Gasteiger partial charge in [-0.3, -0.25) is 4.79 Å². The van der Waals surface area contributed by atoms with Crippen LogP contribution in [0.2, 0.25) is 0 Å². The Morgan fingerprint density at radius 2 is 2.00 bits per heavy atom. The maximum Gasteiger partial charge on any atom is 0.366 e. The highest BCUT2D eigenvalue weighted by atomic mass is 19.1. The van der Waals surface area contributed by atoms with E-state index < -0.39 is 17.7 Å². The van der Waals surface area contributed by atoms with Crippen LogP contribution in [0.25, 0.3) is 0 Å². The molecule has 96 valence electrons. The summed E-state index contributed by atoms with van der Waals surface area (Å²) in [7, 11) is 1.11. The summed E-state index contributed by atoms with van der Waals surface area (Å²) in [5, 5.41) is 0. The largest absolute Gasteiger partial charge is 0.466 e. The molecule has 4 nitrogen and oxygen atoms in total. The second-order valence-corrected chi connectivity index (χ2v) is 4.58. The fourth-order valence-corrected chi connectivity index (χ4v) is 1.99. The van der Waals surface area contributed by atoms with Gasteiger partial charge in [0.2, 0.25) is 5.83 Å². The van der Waals surface area contributed by atoms with Crippen LogP contribution >= 0.6 is 0 Å². The van der Waals surface area contributed by atoms with Crippen molar-refractivity contribution in [3.63, 3.8) is 0 Å². The van der Waals surface area contributed by atoms with E-state index in [9.17, 15) is 14.0 Å². The van der Waals surface area contributed by atoms with Crippen LogP contribution in [0, 0.1) is 17.3 Å². The molecule has 1 rings (SSSR count). The summed E-state index contributed by atoms with van der Waals surface area (Å²) in [6.07, 6.45) is 1.15. The number of halogens is 1. The van der Waals surface area contributed by atoms with Crippen LogP contribution in [0.5, 0.6) is 0 Å². The van der Waals surface area contributed by atoms with Crippen molar-refractivity contribution >= 4 is 11.9 Å². The summed E-state index contributed by atoms with van der Waals surface area (Å²) in [5.74, 6) is -3.04. The molecule has 0 saturated heterocycles. The molecule has 0 aromatic carbocycles. The highest BCUT2D eigenvalue weighted by Crippen LogP contribution is 2.59. The lowest BCUT2D eigenvalue weighted by atomic mass is 10.1. The molecule has 1 fully saturated rings. The lowest BCUT2D eigenvalue weighted by molar-refractivity contribution is -0.145. The molecule has 0 N–H and O–H groups in total. The van der Waals surface area contributed by atoms with Crippen LogP contribution in [0.15, 0.2) is 11.9 Å². The van der Waals surface area contributed by atoms with E-state index in [0.717, 1.165) is 13.2 Å². The summed E-state index contributed by atoms with van der Waals surface area (Å²) >= 11 is 0. The fourth-order valence-electron chi connectivity index (χ4n) is 1.99. The standard InChI is InChI=1S/C12H17FO4/c1-5-17-11(15)9-7(12(9,2)3)6-8(13)10(14)16-4/h6-7,9H,5H2,1-4H3/b8-6-. The minimum atomic E-state index is -1.02. The van der Waals surface area contributed by atoms with Crippen molar-refractivity contribution in [3.05, 3.63) is 11.9 Å². The first-order valence-electron chi connectivity index (χ1n) is 5.48. The third-order valence-electron chi connectivity index (χ3n) is 3.16. The van der Waals surface area contributed by atoms with Crippen LogP contribution in [0.1, 0.15) is 20.8 Å². The topological polar surface area (TPSA) is 52.6 Å². The molecule has 2 atom stereocenters. The van der Waals surface area contributed by atoms with E-state index in [4.69, 9.17) is 4.74 Å². The number of allylic oxidation sites excluding steroid dienone is 1. The molecule has 0 aliphatic heterocycles. The highest BCUT2D eigenvalue weighted by Gasteiger charge is 2.61. The Kier molecular flexibility index (Phi) is 3.91. The van der Waals surface area contributed by atoms with E-state index in [-0.39, 0.29) is 17.3 Å². The van der Waals surface area contributed by atoms with Gasteiger partial charge in [0.25, 0.3) is 0 Å². The zero-order valence-electron chi connectivity index (χ0n) is 10.5. The molecular formula is C12H17FO4. The lowest BCUT2D eigenvalue weighted by Crippen LogP contribution is -2.10. The number of carbonyl (C=O) groups is 2. The third kappa shape index (κ3) is 2.65. The van der Waals surface area contributed by atoms with Crippen molar-refractivity contribution in [1.82, 2.24) is 0 Å². The average molecular weight is 244 g/mol. The summed E-state index contributed by atoms with van der Waals surface area (Å²) in [5.41, 5.74) is -0.377. The number of methoxy groups -OCH3 is 1. The Labute approximate surface area is 99.8 Å². The van der Waals surface area contributed by atoms with Crippen LogP contribution in [0.4, 0.5) is 4.39 Å². The van der Waals surface area contributed by atoms with Crippen molar-refractivity contribution in [2.75, 3.05) is 13.7 Å². The predicted octanol–water partition coefficient (Wildman–Crippen LogP) is 1.85. The molecule has 1 saturated carbocycles. The quantitative estimate of drug-likeness (QED) is 0.559. The Hall–Kier alpha value is -1.39. The first-order chi connectivity index (χ1) is 7.86. The van der Waals surface area contributed by atoms with Gasteiger partial charge in [-0.1, -0.05) is 13.8 Å². The van der Waals surface area contributed by atoms with Crippen LogP contribution in [-0.2, 0) is 19.1 Å². The molecule has 5 heteroatoms. The van der Waals surface area contributed by atoms with Gasteiger partial charge in [0, 0.05) is 0 Å². The monoisotopic (exact) mass is 244 g/mol. The fraction of sp³-hybridized carbons (Fsp3) is 0.667. The van der Waals surface area contributed by atoms with Gasteiger partial charge in [0.05, 0.1) is 19.6 Å². The molecule has 17 heavy (non-hydrogen) atoms. The van der Waals surface area contributed by atoms with Crippen molar-refractivity contribution < 1.29 is 23.5 Å². The molecule has 0 aromatic rings. The van der Waals surface area contributed by atoms with Gasteiger partial charge in [0.1, 0.15) is 0 Å². The van der Waals surface area contributed by atoms with Gasteiger partial charge in [-0.25, -0.2) is 4.79 Å². The minimum absolute atomic E-state index is 0.293. The Morgan fingerprint density at radius 1 is 1.41 bits per heavy atom. The highest BCUT2D eigenvalue weighted by molar-refractivity contribution is 5.86. The summed E-state index contributed by atoms with van der Waals surface area (Å²) in [6.45, 7) is 5.68. The molecule has 1 aliphatic rings. The third-order valence-corrected chi connectivity index (χ3v) is 3.16. The smallest absolute Gasteiger partial charge is 0.366 e. The second-order valence-electron chi connectivity index (χ2n) is 4.58. The minimum Gasteiger partial charge on any atom is -0.466 e. The number of carbonyl (C=O) groups excluding carboxylic acids is 2. The molecular weight excluding hydrogens is 227 g/mol. The zero-order chi connectivity index (χ0) is 13.2. The molecule has 0 spiro atoms. The SMILES string of the molecule is CCOC(=O)C1C(/C=C(\F)C(=O)OC)C1(C)C. The Morgan fingerprint density at radius 3 is 2.47 bits per heavy atom. The molecule has 0 aromatic heterocycles. The van der Waals surface area contributed by atoms with E-state index in [2.05, 4.69) is 4.74 Å². The number of hydrogen-bond acceptors (Lipinski definition) is 4. The molecule has 0 amide bonds. The Balaban J connectivity index is 2.75. The normalized spacial score (nSPS) is 26.3. The first kappa shape index (κ1) is 13.7. The summed E-state index contributed by atoms with van der Waals surface area (Å²) in [4.78, 5) is 22.5. The van der Waals surface area contributed by atoms with Gasteiger partial charge in [-0.05, 0) is 24.3 Å². The molecule has 0 bridgehead atoms. The van der Waals surface area contributed by atoms with E-state index in [0.29, 0.717) is 6.61 Å². The van der Waals surface area contributed by atoms with Gasteiger partial charge in [-0.2, -0.15) is 4.39 Å². The van der Waals surface area contributed by atoms with Crippen molar-refractivity contribution in [3.8, 4) is 0 Å². The van der Waals surface area contributed by atoms with Crippen molar-refractivity contribution in [2.24, 2.45) is 17.3 Å². The zero-order valence-corrected chi connectivity index (χ0v) is 10.5. The maximum atomic E-state index is 13.3. The summed E-state index contributed by atoms with van der Waals surface area (Å²) < 4.78 is 22.4. The van der Waals surface area contributed by atoms with Crippen molar-refractivity contribution in [1.29, 1.82) is 0 Å². The lowest BCUT2D eigenvalue weighted by Gasteiger charge is -2.01. The van der Waals surface area contributed by atoms with E-state index >= 15 is 0 Å². The first-order valence-corrected chi connectivity index (χ1v) is 5.48. The van der Waals surface area contributed by atoms with Crippen LogP contribution < -0.4 is 0 Å². The number of rotatable bonds is 4. The van der Waals surface area contributed by atoms with E-state index in [1.54, 1.807) is 6.92 Å². The Bertz CT molecular complexity index is 360. The van der Waals surface area contributed by atoms with Gasteiger partial charge in [-0.15, -0.1) is 0 Å².